The van der Waals surface area contributed by atoms with Gasteiger partial charge in [-0.2, -0.15) is 0 Å². The highest BCUT2D eigenvalue weighted by molar-refractivity contribution is 7.89. The molecule has 0 aliphatic heterocycles. The maximum Gasteiger partial charge on any atom is 0.240 e. The summed E-state index contributed by atoms with van der Waals surface area (Å²) >= 11 is 0. The molecule has 0 saturated heterocycles. The molecule has 0 unspecified atom stereocenters. The number of rotatable bonds is 7. The maximum absolute atomic E-state index is 12.4. The molecule has 0 amide bonds. The second-order valence-electron chi connectivity index (χ2n) is 6.30. The Hall–Kier alpha value is -0.910. The van der Waals surface area contributed by atoms with Gasteiger partial charge in [-0.3, -0.25) is 0 Å². The zero-order chi connectivity index (χ0) is 14.7. The summed E-state index contributed by atoms with van der Waals surface area (Å²) in [6.07, 6.45) is 7.23. The molecular weight excluding hydrogens is 284 g/mol. The molecule has 0 aromatic heterocycles. The topological polar surface area (TPSA) is 58.2 Å². The fourth-order valence-electron chi connectivity index (χ4n) is 2.90. The van der Waals surface area contributed by atoms with Crippen molar-refractivity contribution in [3.05, 3.63) is 29.8 Å². The predicted molar refractivity (Wildman–Crippen MR) is 83.5 cm³/mol. The summed E-state index contributed by atoms with van der Waals surface area (Å²) in [4.78, 5) is 0.385. The van der Waals surface area contributed by atoms with Gasteiger partial charge in [0.1, 0.15) is 0 Å². The Bertz CT molecular complexity index is 576. The first-order valence-corrected chi connectivity index (χ1v) is 9.44. The molecule has 2 fully saturated rings. The lowest BCUT2D eigenvalue weighted by Gasteiger charge is -2.12. The van der Waals surface area contributed by atoms with E-state index >= 15 is 0 Å². The van der Waals surface area contributed by atoms with Crippen molar-refractivity contribution >= 4 is 10.0 Å². The standard InChI is InChI=1S/C16H24N2O2S/c19-21(20,18-12-13-4-1-2-5-13)16-7-3-6-14(10-16)11-17-15-8-9-15/h3,6-7,10,13,15,17-18H,1-2,4-5,8-9,11-12H2. The third-order valence-electron chi connectivity index (χ3n) is 4.42. The van der Waals surface area contributed by atoms with Crippen LogP contribution in [0.25, 0.3) is 0 Å². The van der Waals surface area contributed by atoms with E-state index in [9.17, 15) is 8.42 Å². The summed E-state index contributed by atoms with van der Waals surface area (Å²) < 4.78 is 27.5. The smallest absolute Gasteiger partial charge is 0.240 e. The van der Waals surface area contributed by atoms with Gasteiger partial charge in [0.25, 0.3) is 0 Å². The first kappa shape index (κ1) is 15.0. The lowest BCUT2D eigenvalue weighted by molar-refractivity contribution is 0.519. The Morgan fingerprint density at radius 2 is 1.86 bits per heavy atom. The normalized spacial score (nSPS) is 20.0. The Balaban J connectivity index is 1.61. The fourth-order valence-corrected chi connectivity index (χ4v) is 4.08. The van der Waals surface area contributed by atoms with E-state index in [2.05, 4.69) is 10.0 Å². The van der Waals surface area contributed by atoms with Crippen LogP contribution in [-0.2, 0) is 16.6 Å². The van der Waals surface area contributed by atoms with Crippen LogP contribution in [0.1, 0.15) is 44.1 Å². The van der Waals surface area contributed by atoms with Crippen LogP contribution in [0.15, 0.2) is 29.2 Å². The van der Waals surface area contributed by atoms with Crippen molar-refractivity contribution in [2.75, 3.05) is 6.54 Å². The van der Waals surface area contributed by atoms with E-state index in [-0.39, 0.29) is 0 Å². The molecule has 3 rings (SSSR count). The van der Waals surface area contributed by atoms with Crippen LogP contribution in [-0.4, -0.2) is 21.0 Å². The molecule has 1 aromatic rings. The molecule has 21 heavy (non-hydrogen) atoms. The molecule has 2 saturated carbocycles. The largest absolute Gasteiger partial charge is 0.310 e. The summed E-state index contributed by atoms with van der Waals surface area (Å²) in [5.74, 6) is 0.513. The van der Waals surface area contributed by atoms with Gasteiger partial charge in [-0.15, -0.1) is 0 Å². The fraction of sp³-hybridized carbons (Fsp3) is 0.625. The van der Waals surface area contributed by atoms with Crippen molar-refractivity contribution in [1.82, 2.24) is 10.0 Å². The third-order valence-corrected chi connectivity index (χ3v) is 5.84. The van der Waals surface area contributed by atoms with Gasteiger partial charge in [0.05, 0.1) is 4.90 Å². The summed E-state index contributed by atoms with van der Waals surface area (Å²) in [6, 6.07) is 7.90. The Morgan fingerprint density at radius 1 is 1.10 bits per heavy atom. The van der Waals surface area contributed by atoms with Crippen molar-refractivity contribution in [3.8, 4) is 0 Å². The van der Waals surface area contributed by atoms with Gasteiger partial charge >= 0.3 is 0 Å². The van der Waals surface area contributed by atoms with Crippen molar-refractivity contribution < 1.29 is 8.42 Å². The molecule has 4 nitrogen and oxygen atoms in total. The van der Waals surface area contributed by atoms with Gasteiger partial charge in [-0.25, -0.2) is 13.1 Å². The number of hydrogen-bond donors (Lipinski definition) is 2. The molecule has 0 spiro atoms. The Labute approximate surface area is 127 Å². The van der Waals surface area contributed by atoms with Gasteiger partial charge in [0, 0.05) is 19.1 Å². The van der Waals surface area contributed by atoms with Gasteiger partial charge in [-0.1, -0.05) is 25.0 Å². The van der Waals surface area contributed by atoms with Crippen LogP contribution in [0.4, 0.5) is 0 Å². The molecule has 1 aromatic carbocycles. The molecule has 116 valence electrons. The van der Waals surface area contributed by atoms with E-state index < -0.39 is 10.0 Å². The molecular formula is C16H24N2O2S. The molecule has 5 heteroatoms. The second kappa shape index (κ2) is 6.46. The summed E-state index contributed by atoms with van der Waals surface area (Å²) in [5, 5.41) is 3.41. The summed E-state index contributed by atoms with van der Waals surface area (Å²) in [7, 11) is -3.37. The van der Waals surface area contributed by atoms with E-state index in [0.29, 0.717) is 23.4 Å². The van der Waals surface area contributed by atoms with E-state index in [1.54, 1.807) is 12.1 Å². The first-order chi connectivity index (χ1) is 10.1. The Morgan fingerprint density at radius 3 is 2.57 bits per heavy atom. The molecule has 0 bridgehead atoms. The summed E-state index contributed by atoms with van der Waals surface area (Å²) in [6.45, 7) is 1.32. The van der Waals surface area contributed by atoms with Gasteiger partial charge in [-0.05, 0) is 49.3 Å². The first-order valence-electron chi connectivity index (χ1n) is 7.95. The minimum atomic E-state index is -3.37. The van der Waals surface area contributed by atoms with Gasteiger partial charge in [0.15, 0.2) is 0 Å². The molecule has 0 atom stereocenters. The molecule has 2 aliphatic carbocycles. The zero-order valence-corrected chi connectivity index (χ0v) is 13.2. The second-order valence-corrected chi connectivity index (χ2v) is 8.07. The van der Waals surface area contributed by atoms with Crippen molar-refractivity contribution in [3.63, 3.8) is 0 Å². The Kier molecular flexibility index (Phi) is 4.62. The van der Waals surface area contributed by atoms with Crippen LogP contribution in [0.3, 0.4) is 0 Å². The average Bonchev–Trinajstić information content (AvgIpc) is 3.17. The molecule has 0 heterocycles. The number of benzene rings is 1. The van der Waals surface area contributed by atoms with Crippen LogP contribution in [0.2, 0.25) is 0 Å². The van der Waals surface area contributed by atoms with E-state index in [0.717, 1.165) is 24.9 Å². The lowest BCUT2D eigenvalue weighted by Crippen LogP contribution is -2.28. The van der Waals surface area contributed by atoms with Crippen LogP contribution < -0.4 is 10.0 Å². The highest BCUT2D eigenvalue weighted by Crippen LogP contribution is 2.24. The van der Waals surface area contributed by atoms with Gasteiger partial charge < -0.3 is 5.32 Å². The number of sulfonamides is 1. The number of hydrogen-bond acceptors (Lipinski definition) is 3. The lowest BCUT2D eigenvalue weighted by atomic mass is 10.1. The molecule has 2 aliphatic rings. The predicted octanol–water partition coefficient (Wildman–Crippen LogP) is 2.41. The highest BCUT2D eigenvalue weighted by Gasteiger charge is 2.21. The SMILES string of the molecule is O=S(=O)(NCC1CCCC1)c1cccc(CNC2CC2)c1. The van der Waals surface area contributed by atoms with Gasteiger partial charge in [0.2, 0.25) is 10.0 Å². The van der Waals surface area contributed by atoms with Crippen molar-refractivity contribution in [2.24, 2.45) is 5.92 Å². The number of nitrogens with one attached hydrogen (secondary N) is 2. The quantitative estimate of drug-likeness (QED) is 0.813. The minimum absolute atomic E-state index is 0.385. The van der Waals surface area contributed by atoms with Crippen LogP contribution in [0.5, 0.6) is 0 Å². The third kappa shape index (κ3) is 4.28. The zero-order valence-electron chi connectivity index (χ0n) is 12.3. The highest BCUT2D eigenvalue weighted by atomic mass is 32.2. The van der Waals surface area contributed by atoms with E-state index in [1.165, 1.54) is 25.7 Å². The van der Waals surface area contributed by atoms with Crippen molar-refractivity contribution in [2.45, 2.75) is 56.0 Å². The maximum atomic E-state index is 12.4. The van der Waals surface area contributed by atoms with Crippen LogP contribution in [0, 0.1) is 5.92 Å². The molecule has 2 N–H and O–H groups in total. The van der Waals surface area contributed by atoms with Crippen molar-refractivity contribution in [1.29, 1.82) is 0 Å². The minimum Gasteiger partial charge on any atom is -0.310 e. The van der Waals surface area contributed by atoms with E-state index in [4.69, 9.17) is 0 Å². The van der Waals surface area contributed by atoms with E-state index in [1.807, 2.05) is 12.1 Å². The summed E-state index contributed by atoms with van der Waals surface area (Å²) in [5.41, 5.74) is 1.03. The monoisotopic (exact) mass is 308 g/mol. The van der Waals surface area contributed by atoms with Crippen LogP contribution >= 0.6 is 0 Å². The molecule has 0 radical (unpaired) electrons. The average molecular weight is 308 g/mol.